The Balaban J connectivity index is 2.40. The minimum Gasteiger partial charge on any atom is -0.280 e. The Bertz CT molecular complexity index is 868. The molecule has 0 bridgehead atoms. The molecule has 0 heterocycles. The van der Waals surface area contributed by atoms with Gasteiger partial charge in [0.2, 0.25) is 0 Å². The summed E-state index contributed by atoms with van der Waals surface area (Å²) in [6, 6.07) is 11.6. The monoisotopic (exact) mass is 317 g/mol. The van der Waals surface area contributed by atoms with Gasteiger partial charge in [0, 0.05) is 17.3 Å². The Morgan fingerprint density at radius 1 is 1.18 bits per heavy atom. The Morgan fingerprint density at radius 2 is 1.82 bits per heavy atom. The molecule has 7 nitrogen and oxygen atoms in total. The number of rotatable bonds is 4. The number of nitrogens with one attached hydrogen (secondary N) is 1. The second-order valence-electron chi connectivity index (χ2n) is 4.45. The van der Waals surface area contributed by atoms with Crippen LogP contribution in [0.5, 0.6) is 0 Å². The Labute approximate surface area is 127 Å². The first kappa shape index (κ1) is 15.5. The van der Waals surface area contributed by atoms with E-state index in [4.69, 9.17) is 5.26 Å². The van der Waals surface area contributed by atoms with Crippen molar-refractivity contribution in [1.29, 1.82) is 5.26 Å². The van der Waals surface area contributed by atoms with Crippen molar-refractivity contribution in [1.82, 2.24) is 0 Å². The third-order valence-electron chi connectivity index (χ3n) is 3.01. The summed E-state index contributed by atoms with van der Waals surface area (Å²) in [6.07, 6.45) is 0. The molecule has 0 unspecified atom stereocenters. The van der Waals surface area contributed by atoms with Crippen LogP contribution in [0.2, 0.25) is 0 Å². The first-order chi connectivity index (χ1) is 10.3. The predicted octanol–water partition coefficient (Wildman–Crippen LogP) is 2.58. The van der Waals surface area contributed by atoms with Crippen LogP contribution in [0, 0.1) is 28.4 Å². The van der Waals surface area contributed by atoms with Gasteiger partial charge in [-0.3, -0.25) is 14.8 Å². The molecule has 0 amide bonds. The lowest BCUT2D eigenvalue weighted by Crippen LogP contribution is -2.14. The summed E-state index contributed by atoms with van der Waals surface area (Å²) in [7, 11) is -3.96. The summed E-state index contributed by atoms with van der Waals surface area (Å²) >= 11 is 0. The van der Waals surface area contributed by atoms with E-state index in [-0.39, 0.29) is 21.8 Å². The molecule has 0 radical (unpaired) electrons. The molecule has 22 heavy (non-hydrogen) atoms. The van der Waals surface area contributed by atoms with Gasteiger partial charge in [0.25, 0.3) is 15.7 Å². The SMILES string of the molecule is Cc1c([N+](=O)[O-])cccc1S(=O)(=O)Nc1ccc(C#N)cc1. The highest BCUT2D eigenvalue weighted by molar-refractivity contribution is 7.92. The molecule has 0 aliphatic heterocycles. The standard InChI is InChI=1S/C14H11N3O4S/c1-10-13(17(18)19)3-2-4-14(10)22(20,21)16-12-7-5-11(9-15)6-8-12/h2-8,16H,1H3. The highest BCUT2D eigenvalue weighted by Gasteiger charge is 2.22. The molecule has 2 rings (SSSR count). The second-order valence-corrected chi connectivity index (χ2v) is 6.10. The molecule has 8 heteroatoms. The molecule has 112 valence electrons. The van der Waals surface area contributed by atoms with Crippen LogP contribution in [0.1, 0.15) is 11.1 Å². The van der Waals surface area contributed by atoms with Crippen LogP contribution in [-0.2, 0) is 10.0 Å². The van der Waals surface area contributed by atoms with Gasteiger partial charge in [-0.15, -0.1) is 0 Å². The first-order valence-electron chi connectivity index (χ1n) is 6.12. The van der Waals surface area contributed by atoms with Crippen LogP contribution in [0.25, 0.3) is 0 Å². The van der Waals surface area contributed by atoms with Crippen molar-refractivity contribution in [2.45, 2.75) is 11.8 Å². The lowest BCUT2D eigenvalue weighted by molar-refractivity contribution is -0.385. The summed E-state index contributed by atoms with van der Waals surface area (Å²) < 4.78 is 27.0. The van der Waals surface area contributed by atoms with Crippen molar-refractivity contribution in [3.05, 3.63) is 63.7 Å². The van der Waals surface area contributed by atoms with Crippen molar-refractivity contribution in [3.63, 3.8) is 0 Å². The zero-order valence-corrected chi connectivity index (χ0v) is 12.3. The molecule has 2 aromatic rings. The van der Waals surface area contributed by atoms with E-state index in [1.54, 1.807) is 0 Å². The van der Waals surface area contributed by atoms with E-state index in [9.17, 15) is 18.5 Å². The maximum Gasteiger partial charge on any atom is 0.273 e. The molecule has 0 fully saturated rings. The molecule has 0 saturated carbocycles. The highest BCUT2D eigenvalue weighted by Crippen LogP contribution is 2.26. The van der Waals surface area contributed by atoms with Gasteiger partial charge in [0.1, 0.15) is 0 Å². The van der Waals surface area contributed by atoms with Crippen molar-refractivity contribution in [3.8, 4) is 6.07 Å². The van der Waals surface area contributed by atoms with Crippen molar-refractivity contribution in [2.75, 3.05) is 4.72 Å². The first-order valence-corrected chi connectivity index (χ1v) is 7.60. The number of nitro groups is 1. The number of hydrogen-bond donors (Lipinski definition) is 1. The van der Waals surface area contributed by atoms with Crippen molar-refractivity contribution in [2.24, 2.45) is 0 Å². The average Bonchev–Trinajstić information content (AvgIpc) is 2.47. The zero-order chi connectivity index (χ0) is 16.3. The Hall–Kier alpha value is -2.92. The number of anilines is 1. The maximum atomic E-state index is 12.4. The van der Waals surface area contributed by atoms with Crippen molar-refractivity contribution < 1.29 is 13.3 Å². The van der Waals surface area contributed by atoms with E-state index in [1.165, 1.54) is 49.4 Å². The van der Waals surface area contributed by atoms with Gasteiger partial charge in [-0.05, 0) is 37.3 Å². The van der Waals surface area contributed by atoms with Gasteiger partial charge < -0.3 is 0 Å². The van der Waals surface area contributed by atoms with Gasteiger partial charge >= 0.3 is 0 Å². The van der Waals surface area contributed by atoms with Gasteiger partial charge in [-0.25, -0.2) is 8.42 Å². The summed E-state index contributed by atoms with van der Waals surface area (Å²) in [5.41, 5.74) is 0.468. The number of nitrogens with zero attached hydrogens (tertiary/aromatic N) is 2. The van der Waals surface area contributed by atoms with Gasteiger partial charge in [0.15, 0.2) is 0 Å². The van der Waals surface area contributed by atoms with Crippen LogP contribution >= 0.6 is 0 Å². The van der Waals surface area contributed by atoms with Gasteiger partial charge in [-0.2, -0.15) is 5.26 Å². The minimum absolute atomic E-state index is 0.0636. The summed E-state index contributed by atoms with van der Waals surface area (Å²) in [5, 5.41) is 19.6. The Kier molecular flexibility index (Phi) is 4.10. The van der Waals surface area contributed by atoms with Crippen LogP contribution in [0.3, 0.4) is 0 Å². The average molecular weight is 317 g/mol. The van der Waals surface area contributed by atoms with Crippen LogP contribution in [0.15, 0.2) is 47.4 Å². The molecule has 0 aliphatic rings. The number of sulfonamides is 1. The highest BCUT2D eigenvalue weighted by atomic mass is 32.2. The van der Waals surface area contributed by atoms with Crippen LogP contribution in [-0.4, -0.2) is 13.3 Å². The van der Waals surface area contributed by atoms with Gasteiger partial charge in [0.05, 0.1) is 21.5 Å². The third-order valence-corrected chi connectivity index (χ3v) is 4.53. The minimum atomic E-state index is -3.96. The van der Waals surface area contributed by atoms with Crippen LogP contribution in [0.4, 0.5) is 11.4 Å². The quantitative estimate of drug-likeness (QED) is 0.687. The molecule has 0 aliphatic carbocycles. The number of nitro benzene ring substituents is 1. The number of nitriles is 1. The predicted molar refractivity (Wildman–Crippen MR) is 79.8 cm³/mol. The van der Waals surface area contributed by atoms with Gasteiger partial charge in [-0.1, -0.05) is 6.07 Å². The van der Waals surface area contributed by atoms with E-state index < -0.39 is 14.9 Å². The van der Waals surface area contributed by atoms with E-state index in [1.807, 2.05) is 6.07 Å². The molecule has 0 aromatic heterocycles. The molecular weight excluding hydrogens is 306 g/mol. The van der Waals surface area contributed by atoms with Crippen LogP contribution < -0.4 is 4.72 Å². The largest absolute Gasteiger partial charge is 0.280 e. The molecular formula is C14H11N3O4S. The molecule has 0 spiro atoms. The topological polar surface area (TPSA) is 113 Å². The summed E-state index contributed by atoms with van der Waals surface area (Å²) in [6.45, 7) is 1.38. The second kappa shape index (κ2) is 5.83. The van der Waals surface area contributed by atoms with E-state index >= 15 is 0 Å². The van der Waals surface area contributed by atoms with E-state index in [0.29, 0.717) is 5.56 Å². The fraction of sp³-hybridized carbons (Fsp3) is 0.0714. The summed E-state index contributed by atoms with van der Waals surface area (Å²) in [5.74, 6) is 0. The lowest BCUT2D eigenvalue weighted by atomic mass is 10.2. The molecule has 2 aromatic carbocycles. The maximum absolute atomic E-state index is 12.4. The van der Waals surface area contributed by atoms with E-state index in [2.05, 4.69) is 4.72 Å². The smallest absolute Gasteiger partial charge is 0.273 e. The van der Waals surface area contributed by atoms with Crippen molar-refractivity contribution >= 4 is 21.4 Å². The lowest BCUT2D eigenvalue weighted by Gasteiger charge is -2.10. The fourth-order valence-corrected chi connectivity index (χ4v) is 3.24. The number of hydrogen-bond acceptors (Lipinski definition) is 5. The normalized spacial score (nSPS) is 10.7. The van der Waals surface area contributed by atoms with E-state index in [0.717, 1.165) is 0 Å². The third kappa shape index (κ3) is 3.05. The fourth-order valence-electron chi connectivity index (χ4n) is 1.91. The molecule has 1 N–H and O–H groups in total. The Morgan fingerprint density at radius 3 is 2.36 bits per heavy atom. The zero-order valence-electron chi connectivity index (χ0n) is 11.5. The molecule has 0 saturated heterocycles. The summed E-state index contributed by atoms with van der Waals surface area (Å²) in [4.78, 5) is 10.1. The molecule has 0 atom stereocenters. The number of benzene rings is 2.